The molecule has 0 amide bonds. The van der Waals surface area contributed by atoms with Gasteiger partial charge < -0.3 is 20.7 Å². The van der Waals surface area contributed by atoms with Crippen LogP contribution in [0.25, 0.3) is 0 Å². The van der Waals surface area contributed by atoms with Gasteiger partial charge >= 0.3 is 5.97 Å². The highest BCUT2D eigenvalue weighted by molar-refractivity contribution is 7.19. The standard InChI is InChI=1S/C14H21N3O3S/c1-8(18)12-11(15)10(14(19)20-3)13(21-12)16-6-9-4-5-17(2)7-9/h9,16H,4-7,15H2,1-3H3. The number of hydrogen-bond acceptors (Lipinski definition) is 7. The van der Waals surface area contributed by atoms with Crippen molar-refractivity contribution >= 4 is 33.8 Å². The van der Waals surface area contributed by atoms with E-state index in [2.05, 4.69) is 17.3 Å². The lowest BCUT2D eigenvalue weighted by atomic mass is 10.1. The summed E-state index contributed by atoms with van der Waals surface area (Å²) in [7, 11) is 3.40. The third kappa shape index (κ3) is 3.36. The van der Waals surface area contributed by atoms with Crippen LogP contribution in [0, 0.1) is 5.92 Å². The zero-order valence-corrected chi connectivity index (χ0v) is 13.4. The molecule has 0 bridgehead atoms. The van der Waals surface area contributed by atoms with Crippen molar-refractivity contribution < 1.29 is 14.3 Å². The van der Waals surface area contributed by atoms with Gasteiger partial charge in [-0.05, 0) is 25.9 Å². The number of carbonyl (C=O) groups excluding carboxylic acids is 2. The summed E-state index contributed by atoms with van der Waals surface area (Å²) in [4.78, 5) is 26.2. The molecule has 0 saturated carbocycles. The van der Waals surface area contributed by atoms with Crippen molar-refractivity contribution in [1.82, 2.24) is 4.90 Å². The number of nitrogens with two attached hydrogens (primary N) is 1. The second-order valence-electron chi connectivity index (χ2n) is 5.39. The van der Waals surface area contributed by atoms with E-state index in [0.29, 0.717) is 15.8 Å². The van der Waals surface area contributed by atoms with Gasteiger partial charge in [-0.3, -0.25) is 4.79 Å². The Morgan fingerprint density at radius 3 is 2.76 bits per heavy atom. The van der Waals surface area contributed by atoms with Gasteiger partial charge in [-0.15, -0.1) is 11.3 Å². The lowest BCUT2D eigenvalue weighted by Crippen LogP contribution is -2.19. The molecule has 6 nitrogen and oxygen atoms in total. The van der Waals surface area contributed by atoms with Crippen LogP contribution in [0.5, 0.6) is 0 Å². The second-order valence-corrected chi connectivity index (χ2v) is 6.42. The fourth-order valence-electron chi connectivity index (χ4n) is 2.56. The van der Waals surface area contributed by atoms with Crippen molar-refractivity contribution in [2.24, 2.45) is 5.92 Å². The molecule has 1 saturated heterocycles. The predicted octanol–water partition coefficient (Wildman–Crippen LogP) is 1.68. The molecule has 1 aliphatic rings. The summed E-state index contributed by atoms with van der Waals surface area (Å²) in [5.74, 6) is -0.122. The van der Waals surface area contributed by atoms with Gasteiger partial charge in [0.15, 0.2) is 5.78 Å². The number of nitrogens with zero attached hydrogens (tertiary/aromatic N) is 1. The van der Waals surface area contributed by atoms with Gasteiger partial charge in [0, 0.05) is 20.0 Å². The summed E-state index contributed by atoms with van der Waals surface area (Å²) in [5.41, 5.74) is 6.42. The summed E-state index contributed by atoms with van der Waals surface area (Å²) in [6.45, 7) is 4.31. The number of carbonyl (C=O) groups is 2. The van der Waals surface area contributed by atoms with E-state index >= 15 is 0 Å². The molecular formula is C14H21N3O3S. The molecule has 7 heteroatoms. The smallest absolute Gasteiger partial charge is 0.343 e. The Morgan fingerprint density at radius 2 is 2.24 bits per heavy atom. The molecule has 0 aliphatic carbocycles. The Balaban J connectivity index is 2.19. The van der Waals surface area contributed by atoms with E-state index in [1.165, 1.54) is 25.4 Å². The number of thiophene rings is 1. The molecule has 1 aliphatic heterocycles. The van der Waals surface area contributed by atoms with Crippen LogP contribution in [-0.2, 0) is 4.74 Å². The zero-order valence-electron chi connectivity index (χ0n) is 12.6. The minimum absolute atomic E-state index is 0.142. The van der Waals surface area contributed by atoms with Crippen LogP contribution in [0.3, 0.4) is 0 Å². The fraction of sp³-hybridized carbons (Fsp3) is 0.571. The number of likely N-dealkylation sites (tertiary alicyclic amines) is 1. The molecule has 0 spiro atoms. The average Bonchev–Trinajstić information content (AvgIpc) is 2.99. The molecule has 1 unspecified atom stereocenters. The molecule has 116 valence electrons. The molecule has 1 aromatic heterocycles. The third-order valence-corrected chi connectivity index (χ3v) is 4.96. The Morgan fingerprint density at radius 1 is 1.52 bits per heavy atom. The maximum absolute atomic E-state index is 11.9. The first-order valence-corrected chi connectivity index (χ1v) is 7.69. The van der Waals surface area contributed by atoms with E-state index in [1.807, 2.05) is 0 Å². The molecule has 1 atom stereocenters. The SMILES string of the molecule is COC(=O)c1c(NCC2CCN(C)C2)sc(C(C)=O)c1N. The van der Waals surface area contributed by atoms with Crippen LogP contribution >= 0.6 is 11.3 Å². The molecule has 2 rings (SSSR count). The lowest BCUT2D eigenvalue weighted by molar-refractivity contribution is 0.0603. The highest BCUT2D eigenvalue weighted by Gasteiger charge is 2.26. The minimum atomic E-state index is -0.512. The molecule has 2 heterocycles. The number of rotatable bonds is 5. The van der Waals surface area contributed by atoms with Crippen molar-refractivity contribution in [1.29, 1.82) is 0 Å². The number of ketones is 1. The van der Waals surface area contributed by atoms with E-state index < -0.39 is 5.97 Å². The van der Waals surface area contributed by atoms with E-state index in [0.717, 1.165) is 26.1 Å². The normalized spacial score (nSPS) is 18.7. The first kappa shape index (κ1) is 15.8. The zero-order chi connectivity index (χ0) is 15.6. The third-order valence-electron chi connectivity index (χ3n) is 3.69. The Bertz CT molecular complexity index is 556. The van der Waals surface area contributed by atoms with Gasteiger partial charge in [-0.25, -0.2) is 4.79 Å². The van der Waals surface area contributed by atoms with Crippen molar-refractivity contribution in [3.63, 3.8) is 0 Å². The number of ether oxygens (including phenoxy) is 1. The second kappa shape index (κ2) is 6.44. The number of nitrogen functional groups attached to an aromatic ring is 1. The maximum atomic E-state index is 11.9. The number of methoxy groups -OCH3 is 1. The highest BCUT2D eigenvalue weighted by atomic mass is 32.1. The Labute approximate surface area is 128 Å². The lowest BCUT2D eigenvalue weighted by Gasteiger charge is -2.12. The number of hydrogen-bond donors (Lipinski definition) is 2. The van der Waals surface area contributed by atoms with Crippen LogP contribution in [0.2, 0.25) is 0 Å². The van der Waals surface area contributed by atoms with E-state index in [9.17, 15) is 9.59 Å². The van der Waals surface area contributed by atoms with Crippen LogP contribution in [0.4, 0.5) is 10.7 Å². The summed E-state index contributed by atoms with van der Waals surface area (Å²) in [5, 5.41) is 3.89. The molecule has 1 fully saturated rings. The van der Waals surface area contributed by atoms with E-state index in [1.54, 1.807) is 0 Å². The van der Waals surface area contributed by atoms with Crippen molar-refractivity contribution in [2.45, 2.75) is 13.3 Å². The van der Waals surface area contributed by atoms with Gasteiger partial charge in [-0.2, -0.15) is 0 Å². The summed E-state index contributed by atoms with van der Waals surface area (Å²) in [6, 6.07) is 0. The molecule has 0 radical (unpaired) electrons. The van der Waals surface area contributed by atoms with Crippen LogP contribution < -0.4 is 11.1 Å². The topological polar surface area (TPSA) is 84.7 Å². The number of nitrogens with one attached hydrogen (secondary N) is 1. The van der Waals surface area contributed by atoms with Crippen molar-refractivity contribution in [3.05, 3.63) is 10.4 Å². The molecule has 1 aromatic rings. The van der Waals surface area contributed by atoms with Gasteiger partial charge in [-0.1, -0.05) is 0 Å². The van der Waals surface area contributed by atoms with Gasteiger partial charge in [0.1, 0.15) is 10.6 Å². The molecular weight excluding hydrogens is 290 g/mol. The number of esters is 1. The fourth-order valence-corrected chi connectivity index (χ4v) is 3.58. The summed E-state index contributed by atoms with van der Waals surface area (Å²) in [6.07, 6.45) is 1.12. The largest absolute Gasteiger partial charge is 0.465 e. The number of Topliss-reactive ketones (excluding diaryl/α,β-unsaturated/α-hetero) is 1. The Kier molecular flexibility index (Phi) is 4.84. The predicted molar refractivity (Wildman–Crippen MR) is 84.2 cm³/mol. The highest BCUT2D eigenvalue weighted by Crippen LogP contribution is 2.36. The maximum Gasteiger partial charge on any atom is 0.343 e. The van der Waals surface area contributed by atoms with E-state index in [-0.39, 0.29) is 17.0 Å². The monoisotopic (exact) mass is 311 g/mol. The quantitative estimate of drug-likeness (QED) is 0.636. The molecule has 0 aromatic carbocycles. The first-order valence-electron chi connectivity index (χ1n) is 6.88. The van der Waals surface area contributed by atoms with Crippen LogP contribution in [0.1, 0.15) is 33.4 Å². The molecule has 3 N–H and O–H groups in total. The summed E-state index contributed by atoms with van der Waals surface area (Å²) < 4.78 is 4.77. The minimum Gasteiger partial charge on any atom is -0.465 e. The number of anilines is 2. The van der Waals surface area contributed by atoms with E-state index in [4.69, 9.17) is 10.5 Å². The Hall–Kier alpha value is -1.60. The van der Waals surface area contributed by atoms with Crippen molar-refractivity contribution in [3.8, 4) is 0 Å². The average molecular weight is 311 g/mol. The summed E-state index contributed by atoms with van der Waals surface area (Å²) >= 11 is 1.22. The van der Waals surface area contributed by atoms with Crippen LogP contribution in [0.15, 0.2) is 0 Å². The van der Waals surface area contributed by atoms with Crippen molar-refractivity contribution in [2.75, 3.05) is 44.8 Å². The van der Waals surface area contributed by atoms with Gasteiger partial charge in [0.05, 0.1) is 17.7 Å². The first-order chi connectivity index (χ1) is 9.93. The van der Waals surface area contributed by atoms with Gasteiger partial charge in [0.25, 0.3) is 0 Å². The van der Waals surface area contributed by atoms with Crippen LogP contribution in [-0.4, -0.2) is 50.4 Å². The van der Waals surface area contributed by atoms with Gasteiger partial charge in [0.2, 0.25) is 0 Å². The molecule has 21 heavy (non-hydrogen) atoms.